The summed E-state index contributed by atoms with van der Waals surface area (Å²) in [5, 5.41) is 10.0. The summed E-state index contributed by atoms with van der Waals surface area (Å²) in [5.74, 6) is 1.18. The zero-order valence-corrected chi connectivity index (χ0v) is 38.0. The van der Waals surface area contributed by atoms with Crippen LogP contribution in [0.5, 0.6) is 0 Å². The van der Waals surface area contributed by atoms with Crippen LogP contribution in [0.25, 0.3) is 0 Å². The number of nitrogens with zero attached hydrogens (tertiary/aromatic N) is 6. The molecule has 0 aliphatic carbocycles. The fourth-order valence-corrected chi connectivity index (χ4v) is 9.00. The molecule has 4 N–H and O–H groups in total. The SMILES string of the molecule is CC[C@@]1(c2ccc(C(=O)N3CCN(c4nc(C)c(C)cc4C)CC3)cc2)NC(=O)NC1=O.CC[C@]1(c2ccc(C(=O)N3CCN(c4nc(C)c(C)cc4C)CC3)cc2)NC(=O)NC1=O. The molecule has 0 spiro atoms. The second-order valence-corrected chi connectivity index (χ2v) is 17.1. The van der Waals surface area contributed by atoms with Crippen LogP contribution in [0.2, 0.25) is 0 Å². The summed E-state index contributed by atoms with van der Waals surface area (Å²) in [6, 6.07) is 17.2. The van der Waals surface area contributed by atoms with Crippen molar-refractivity contribution in [3.05, 3.63) is 117 Å². The second-order valence-electron chi connectivity index (χ2n) is 17.1. The van der Waals surface area contributed by atoms with Gasteiger partial charge in [0.2, 0.25) is 0 Å². The minimum atomic E-state index is -1.08. The van der Waals surface area contributed by atoms with Crippen molar-refractivity contribution in [2.45, 2.75) is 79.3 Å². The highest BCUT2D eigenvalue weighted by atomic mass is 16.2. The number of hydrogen-bond acceptors (Lipinski definition) is 10. The summed E-state index contributed by atoms with van der Waals surface area (Å²) in [6.45, 7) is 21.4. The number of aromatic nitrogens is 2. The summed E-state index contributed by atoms with van der Waals surface area (Å²) >= 11 is 0. The predicted molar refractivity (Wildman–Crippen MR) is 243 cm³/mol. The molecule has 4 saturated heterocycles. The molecule has 8 rings (SSSR count). The Morgan fingerprint density at radius 1 is 0.516 bits per heavy atom. The highest BCUT2D eigenvalue weighted by Gasteiger charge is 2.47. The third-order valence-corrected chi connectivity index (χ3v) is 13.2. The van der Waals surface area contributed by atoms with E-state index in [-0.39, 0.29) is 23.6 Å². The topological polar surface area (TPSA) is 189 Å². The van der Waals surface area contributed by atoms with Crippen LogP contribution in [0.1, 0.15) is 92.2 Å². The number of pyridine rings is 2. The first-order valence-electron chi connectivity index (χ1n) is 22.0. The van der Waals surface area contributed by atoms with E-state index in [1.807, 2.05) is 37.5 Å². The van der Waals surface area contributed by atoms with Gasteiger partial charge in [-0.25, -0.2) is 19.6 Å². The first-order chi connectivity index (χ1) is 30.5. The molecule has 336 valence electrons. The van der Waals surface area contributed by atoms with Gasteiger partial charge in [0.05, 0.1) is 0 Å². The molecule has 2 atom stereocenters. The van der Waals surface area contributed by atoms with Crippen LogP contribution in [0.4, 0.5) is 21.2 Å². The molecule has 6 heterocycles. The van der Waals surface area contributed by atoms with Crippen LogP contribution in [0.15, 0.2) is 60.7 Å². The van der Waals surface area contributed by atoms with E-state index in [9.17, 15) is 28.8 Å². The fraction of sp³-hybridized carbons (Fsp3) is 0.417. The molecule has 0 unspecified atom stereocenters. The first kappa shape index (κ1) is 45.2. The van der Waals surface area contributed by atoms with E-state index in [2.05, 4.69) is 70.9 Å². The van der Waals surface area contributed by atoms with Gasteiger partial charge in [-0.3, -0.25) is 29.8 Å². The smallest absolute Gasteiger partial charge is 0.322 e. The van der Waals surface area contributed by atoms with E-state index in [0.717, 1.165) is 60.3 Å². The third kappa shape index (κ3) is 8.60. The first-order valence-corrected chi connectivity index (χ1v) is 22.0. The van der Waals surface area contributed by atoms with Gasteiger partial charge in [-0.1, -0.05) is 50.2 Å². The molecule has 16 nitrogen and oxygen atoms in total. The summed E-state index contributed by atoms with van der Waals surface area (Å²) in [6.07, 6.45) is 0.845. The molecule has 8 amide bonds. The van der Waals surface area contributed by atoms with Gasteiger partial charge in [0.15, 0.2) is 0 Å². The van der Waals surface area contributed by atoms with Gasteiger partial charge in [0, 0.05) is 74.9 Å². The Morgan fingerprint density at radius 2 is 0.844 bits per heavy atom. The molecular formula is C48H58N10O6. The molecule has 4 fully saturated rings. The number of hydrogen-bond donors (Lipinski definition) is 4. The zero-order valence-electron chi connectivity index (χ0n) is 38.0. The lowest BCUT2D eigenvalue weighted by Gasteiger charge is -2.36. The van der Waals surface area contributed by atoms with Crippen LogP contribution in [0, 0.1) is 41.5 Å². The highest BCUT2D eigenvalue weighted by molar-refractivity contribution is 6.08. The van der Waals surface area contributed by atoms with Crippen molar-refractivity contribution in [3.8, 4) is 0 Å². The summed E-state index contributed by atoms with van der Waals surface area (Å²) < 4.78 is 0. The molecule has 2 aromatic heterocycles. The molecule has 64 heavy (non-hydrogen) atoms. The number of urea groups is 2. The molecule has 16 heteroatoms. The summed E-state index contributed by atoms with van der Waals surface area (Å²) in [4.78, 5) is 91.8. The van der Waals surface area contributed by atoms with Crippen molar-refractivity contribution in [2.75, 3.05) is 62.2 Å². The van der Waals surface area contributed by atoms with Crippen LogP contribution in [-0.4, -0.2) is 108 Å². The maximum absolute atomic E-state index is 13.0. The number of carbonyl (C=O) groups is 6. The summed E-state index contributed by atoms with van der Waals surface area (Å²) in [7, 11) is 0. The van der Waals surface area contributed by atoms with E-state index in [4.69, 9.17) is 9.97 Å². The largest absolute Gasteiger partial charge is 0.353 e. The molecule has 2 aromatic carbocycles. The highest BCUT2D eigenvalue weighted by Crippen LogP contribution is 2.31. The number of rotatable bonds is 8. The Hall–Kier alpha value is -6.84. The molecule has 4 aliphatic heterocycles. The Labute approximate surface area is 374 Å². The molecule has 4 aliphatic rings. The Balaban J connectivity index is 0.000000191. The van der Waals surface area contributed by atoms with E-state index >= 15 is 0 Å². The van der Waals surface area contributed by atoms with Crippen LogP contribution in [-0.2, 0) is 20.7 Å². The fourth-order valence-electron chi connectivity index (χ4n) is 9.00. The number of nitrogens with one attached hydrogen (secondary N) is 4. The van der Waals surface area contributed by atoms with Crippen molar-refractivity contribution >= 4 is 47.3 Å². The minimum absolute atomic E-state index is 0.0357. The summed E-state index contributed by atoms with van der Waals surface area (Å²) in [5.41, 5.74) is 7.03. The van der Waals surface area contributed by atoms with Crippen molar-refractivity contribution in [1.29, 1.82) is 0 Å². The Bertz CT molecular complexity index is 2320. The van der Waals surface area contributed by atoms with E-state index in [1.165, 1.54) is 11.1 Å². The number of aryl methyl sites for hydroxylation is 6. The van der Waals surface area contributed by atoms with Gasteiger partial charge in [-0.05, 0) is 112 Å². The van der Waals surface area contributed by atoms with Crippen LogP contribution in [0.3, 0.4) is 0 Å². The average Bonchev–Trinajstić information content (AvgIpc) is 3.78. The van der Waals surface area contributed by atoms with Gasteiger partial charge < -0.3 is 30.2 Å². The molecule has 4 aromatic rings. The quantitative estimate of drug-likeness (QED) is 0.179. The Kier molecular flexibility index (Phi) is 12.8. The molecule has 0 saturated carbocycles. The predicted octanol–water partition coefficient (Wildman–Crippen LogP) is 4.83. The van der Waals surface area contributed by atoms with Crippen molar-refractivity contribution in [1.82, 2.24) is 41.0 Å². The zero-order chi connectivity index (χ0) is 46.1. The number of anilines is 2. The van der Waals surface area contributed by atoms with Crippen LogP contribution < -0.4 is 31.1 Å². The van der Waals surface area contributed by atoms with Gasteiger partial charge >= 0.3 is 12.1 Å². The monoisotopic (exact) mass is 870 g/mol. The number of piperazine rings is 2. The average molecular weight is 871 g/mol. The van der Waals surface area contributed by atoms with Gasteiger partial charge in [-0.15, -0.1) is 0 Å². The minimum Gasteiger partial charge on any atom is -0.353 e. The molecule has 0 bridgehead atoms. The van der Waals surface area contributed by atoms with Gasteiger partial charge in [0.25, 0.3) is 23.6 Å². The normalized spacial score (nSPS) is 20.9. The van der Waals surface area contributed by atoms with Crippen molar-refractivity contribution in [2.24, 2.45) is 0 Å². The molecule has 0 radical (unpaired) electrons. The second kappa shape index (κ2) is 18.1. The van der Waals surface area contributed by atoms with Gasteiger partial charge in [0.1, 0.15) is 22.7 Å². The lowest BCUT2D eigenvalue weighted by atomic mass is 9.87. The Morgan fingerprint density at radius 3 is 1.12 bits per heavy atom. The van der Waals surface area contributed by atoms with Gasteiger partial charge in [-0.2, -0.15) is 0 Å². The van der Waals surface area contributed by atoms with E-state index in [0.29, 0.717) is 61.3 Å². The lowest BCUT2D eigenvalue weighted by Crippen LogP contribution is -2.49. The standard InChI is InChI=1S/2C24H29N5O3/c2*1-5-24(22(31)26-23(32)27-24)19-8-6-18(7-9-19)21(30)29-12-10-28(11-13-29)20-16(3)14-15(2)17(4)25-20/h2*6-9,14H,5,10-13H2,1-4H3,(H2,26,27,31,32)/t2*24-/m10/s1. The maximum Gasteiger partial charge on any atom is 0.322 e. The van der Waals surface area contributed by atoms with Crippen molar-refractivity contribution < 1.29 is 28.8 Å². The van der Waals surface area contributed by atoms with E-state index in [1.54, 1.807) is 48.5 Å². The third-order valence-electron chi connectivity index (χ3n) is 13.2. The lowest BCUT2D eigenvalue weighted by molar-refractivity contribution is -0.125. The maximum atomic E-state index is 13.0. The number of imide groups is 2. The van der Waals surface area contributed by atoms with Crippen molar-refractivity contribution in [3.63, 3.8) is 0 Å². The van der Waals surface area contributed by atoms with Crippen LogP contribution >= 0.6 is 0 Å². The number of carbonyl (C=O) groups excluding carboxylic acids is 6. The molecular weight excluding hydrogens is 813 g/mol. The number of benzene rings is 2. The number of amides is 8. The van der Waals surface area contributed by atoms with E-state index < -0.39 is 23.1 Å².